The molecule has 6 nitrogen and oxygen atoms in total. The largest absolute Gasteiger partial charge is 0.462 e. The Morgan fingerprint density at radius 3 is 2.90 bits per heavy atom. The number of benzene rings is 2. The first-order chi connectivity index (χ1) is 19.0. The van der Waals surface area contributed by atoms with Crippen LogP contribution in [0.15, 0.2) is 30.3 Å². The van der Waals surface area contributed by atoms with E-state index in [2.05, 4.69) is 34.2 Å². The standard InChI is InChI=1S/C32H34FN5O/c1-3-22-25(33)10-9-19-6-4-8-28(29(19)22)38-13-11-23-27(17-38)35-31(39-18-21-7-5-12-37(21)2)36-30(23)32-15-20-14-24(32)26(16-32)34-20/h1,4,6,8-10,20-21,24,26,34H,5,7,11-18H2,2H3/t20-,21-,24?,26-,32+/m0/s1. The molecular weight excluding hydrogens is 489 g/mol. The third kappa shape index (κ3) is 3.47. The van der Waals surface area contributed by atoms with E-state index in [1.165, 1.54) is 43.0 Å². The van der Waals surface area contributed by atoms with Crippen LogP contribution in [0.1, 0.15) is 54.6 Å². The number of likely N-dealkylation sites (tertiary alicyclic amines) is 1. The average molecular weight is 524 g/mol. The second-order valence-corrected chi connectivity index (χ2v) is 12.4. The van der Waals surface area contributed by atoms with Gasteiger partial charge in [0.2, 0.25) is 0 Å². The molecule has 1 N–H and O–H groups in total. The van der Waals surface area contributed by atoms with Gasteiger partial charge >= 0.3 is 6.01 Å². The molecule has 200 valence electrons. The van der Waals surface area contributed by atoms with Crippen molar-refractivity contribution in [2.45, 2.75) is 68.6 Å². The predicted octanol–water partition coefficient (Wildman–Crippen LogP) is 4.18. The van der Waals surface area contributed by atoms with Crippen LogP contribution in [0, 0.1) is 24.1 Å². The smallest absolute Gasteiger partial charge is 0.316 e. The molecule has 7 heteroatoms. The number of ether oxygens (including phenoxy) is 1. The average Bonchev–Trinajstić information content (AvgIpc) is 3.61. The molecule has 2 aromatic carbocycles. The van der Waals surface area contributed by atoms with Crippen LogP contribution in [-0.2, 0) is 18.4 Å². The number of piperidine rings is 2. The highest BCUT2D eigenvalue weighted by molar-refractivity contribution is 5.99. The molecule has 1 unspecified atom stereocenters. The van der Waals surface area contributed by atoms with Gasteiger partial charge in [-0.3, -0.25) is 0 Å². The van der Waals surface area contributed by atoms with Gasteiger partial charge in [0.15, 0.2) is 0 Å². The van der Waals surface area contributed by atoms with E-state index in [0.29, 0.717) is 48.8 Å². The van der Waals surface area contributed by atoms with Crippen LogP contribution in [-0.4, -0.2) is 59.7 Å². The fourth-order valence-electron chi connectivity index (χ4n) is 8.53. The molecule has 2 aliphatic carbocycles. The van der Waals surface area contributed by atoms with Crippen molar-refractivity contribution in [3.05, 3.63) is 58.7 Å². The van der Waals surface area contributed by atoms with Crippen molar-refractivity contribution in [1.82, 2.24) is 20.2 Å². The number of nitrogens with zero attached hydrogens (tertiary/aromatic N) is 4. The Kier molecular flexibility index (Phi) is 5.24. The van der Waals surface area contributed by atoms with Gasteiger partial charge in [-0.15, -0.1) is 6.42 Å². The molecule has 2 saturated heterocycles. The lowest BCUT2D eigenvalue weighted by molar-refractivity contribution is 0.0742. The Bertz CT molecular complexity index is 1530. The molecule has 39 heavy (non-hydrogen) atoms. The molecule has 4 heterocycles. The Morgan fingerprint density at radius 1 is 1.21 bits per heavy atom. The first-order valence-corrected chi connectivity index (χ1v) is 14.5. The summed E-state index contributed by atoms with van der Waals surface area (Å²) in [5.41, 5.74) is 5.07. The molecule has 5 aliphatic rings. The molecule has 3 aliphatic heterocycles. The van der Waals surface area contributed by atoms with E-state index in [1.807, 2.05) is 18.2 Å². The molecule has 8 rings (SSSR count). The molecule has 2 saturated carbocycles. The highest BCUT2D eigenvalue weighted by Crippen LogP contribution is 2.63. The van der Waals surface area contributed by atoms with Gasteiger partial charge in [0, 0.05) is 41.2 Å². The van der Waals surface area contributed by atoms with Crippen LogP contribution in [0.3, 0.4) is 0 Å². The zero-order valence-corrected chi connectivity index (χ0v) is 22.4. The van der Waals surface area contributed by atoms with E-state index in [4.69, 9.17) is 21.1 Å². The van der Waals surface area contributed by atoms with E-state index in [0.717, 1.165) is 48.1 Å². The molecule has 5 atom stereocenters. The Balaban J connectivity index is 1.19. The minimum absolute atomic E-state index is 0.164. The van der Waals surface area contributed by atoms with Crippen molar-refractivity contribution >= 4 is 16.5 Å². The fraction of sp³-hybridized carbons (Fsp3) is 0.500. The number of halogens is 1. The van der Waals surface area contributed by atoms with E-state index in [-0.39, 0.29) is 11.2 Å². The normalized spacial score (nSPS) is 30.8. The zero-order chi connectivity index (χ0) is 26.3. The summed E-state index contributed by atoms with van der Waals surface area (Å²) in [6.45, 7) is 3.19. The Morgan fingerprint density at radius 2 is 2.13 bits per heavy atom. The topological polar surface area (TPSA) is 53.5 Å². The molecule has 0 amide bonds. The predicted molar refractivity (Wildman–Crippen MR) is 150 cm³/mol. The van der Waals surface area contributed by atoms with Crippen molar-refractivity contribution in [1.29, 1.82) is 0 Å². The lowest BCUT2D eigenvalue weighted by Gasteiger charge is -2.54. The number of rotatable bonds is 5. The third-order valence-electron chi connectivity index (χ3n) is 10.4. The summed E-state index contributed by atoms with van der Waals surface area (Å²) in [6, 6.07) is 11.5. The lowest BCUT2D eigenvalue weighted by Crippen LogP contribution is -2.61. The zero-order valence-electron chi connectivity index (χ0n) is 22.4. The maximum atomic E-state index is 14.7. The summed E-state index contributed by atoms with van der Waals surface area (Å²) < 4.78 is 21.1. The van der Waals surface area contributed by atoms with E-state index in [1.54, 1.807) is 0 Å². The number of likely N-dealkylation sites (N-methyl/N-ethyl adjacent to an activating group) is 1. The second kappa shape index (κ2) is 8.64. The number of aromatic nitrogens is 2. The van der Waals surface area contributed by atoms with Crippen LogP contribution in [0.4, 0.5) is 10.1 Å². The SMILES string of the molecule is C#Cc1c(F)ccc2cccc(N3CCc4c(nc(OC[C@@H]5CCCN5C)nc4[C@@]45C[C@@H]6CC4[C@H](C5)N6)C3)c12. The Hall–Kier alpha value is -3.21. The number of fused-ring (bicyclic) bond motifs is 3. The summed E-state index contributed by atoms with van der Waals surface area (Å²) in [4.78, 5) is 14.9. The molecule has 0 radical (unpaired) electrons. The number of nitrogens with one attached hydrogen (secondary N) is 1. The van der Waals surface area contributed by atoms with Gasteiger partial charge in [-0.25, -0.2) is 4.39 Å². The number of hydrogen-bond donors (Lipinski definition) is 1. The summed E-state index contributed by atoms with van der Waals surface area (Å²) in [6.07, 6.45) is 12.6. The quantitative estimate of drug-likeness (QED) is 0.507. The van der Waals surface area contributed by atoms with Gasteiger partial charge < -0.3 is 19.9 Å². The van der Waals surface area contributed by atoms with Gasteiger partial charge in [0.1, 0.15) is 12.4 Å². The number of hydrogen-bond acceptors (Lipinski definition) is 6. The van der Waals surface area contributed by atoms with Crippen molar-refractivity contribution in [2.24, 2.45) is 5.92 Å². The van der Waals surface area contributed by atoms with E-state index >= 15 is 0 Å². The van der Waals surface area contributed by atoms with Gasteiger partial charge in [-0.2, -0.15) is 9.97 Å². The van der Waals surface area contributed by atoms with Crippen LogP contribution in [0.2, 0.25) is 0 Å². The molecule has 1 aromatic heterocycles. The lowest BCUT2D eigenvalue weighted by atomic mass is 9.55. The minimum atomic E-state index is -0.351. The summed E-state index contributed by atoms with van der Waals surface area (Å²) in [5.74, 6) is 2.93. The van der Waals surface area contributed by atoms with Gasteiger partial charge in [0.25, 0.3) is 0 Å². The highest BCUT2D eigenvalue weighted by Gasteiger charge is 2.66. The fourth-order valence-corrected chi connectivity index (χ4v) is 8.53. The van der Waals surface area contributed by atoms with E-state index < -0.39 is 0 Å². The van der Waals surface area contributed by atoms with Crippen LogP contribution >= 0.6 is 0 Å². The maximum Gasteiger partial charge on any atom is 0.316 e. The minimum Gasteiger partial charge on any atom is -0.462 e. The first kappa shape index (κ1) is 23.7. The van der Waals surface area contributed by atoms with Crippen LogP contribution in [0.25, 0.3) is 10.8 Å². The number of terminal acetylenes is 1. The summed E-state index contributed by atoms with van der Waals surface area (Å²) in [5, 5.41) is 5.56. The van der Waals surface area contributed by atoms with Crippen LogP contribution < -0.4 is 15.0 Å². The monoisotopic (exact) mass is 523 g/mol. The van der Waals surface area contributed by atoms with Crippen LogP contribution in [0.5, 0.6) is 6.01 Å². The summed E-state index contributed by atoms with van der Waals surface area (Å²) in [7, 11) is 2.17. The Labute approximate surface area is 228 Å². The summed E-state index contributed by atoms with van der Waals surface area (Å²) >= 11 is 0. The third-order valence-corrected chi connectivity index (χ3v) is 10.4. The van der Waals surface area contributed by atoms with Gasteiger partial charge in [-0.05, 0) is 81.1 Å². The van der Waals surface area contributed by atoms with Gasteiger partial charge in [-0.1, -0.05) is 24.1 Å². The highest BCUT2D eigenvalue weighted by atomic mass is 19.1. The van der Waals surface area contributed by atoms with Crippen molar-refractivity contribution in [3.8, 4) is 18.4 Å². The molecule has 4 fully saturated rings. The van der Waals surface area contributed by atoms with Crippen molar-refractivity contribution in [2.75, 3.05) is 31.6 Å². The van der Waals surface area contributed by atoms with Crippen molar-refractivity contribution < 1.29 is 9.13 Å². The van der Waals surface area contributed by atoms with E-state index in [9.17, 15) is 4.39 Å². The molecule has 3 aromatic rings. The van der Waals surface area contributed by atoms with Gasteiger partial charge in [0.05, 0.1) is 23.5 Å². The van der Waals surface area contributed by atoms with Crippen molar-refractivity contribution in [3.63, 3.8) is 0 Å². The maximum absolute atomic E-state index is 14.7. The first-order valence-electron chi connectivity index (χ1n) is 14.5. The molecule has 2 bridgehead atoms. The second-order valence-electron chi connectivity index (χ2n) is 12.4. The molecular formula is C32H34FN5O. The molecule has 0 spiro atoms. The number of anilines is 1.